The van der Waals surface area contributed by atoms with Crippen LogP contribution in [0.15, 0.2) is 42.5 Å². The first-order chi connectivity index (χ1) is 15.3. The summed E-state index contributed by atoms with van der Waals surface area (Å²) >= 11 is 5.94. The van der Waals surface area contributed by atoms with Crippen LogP contribution in [0.5, 0.6) is 5.75 Å². The Kier molecular flexibility index (Phi) is 7.17. The molecular weight excluding hydrogens is 436 g/mol. The van der Waals surface area contributed by atoms with Gasteiger partial charge >= 0.3 is 5.97 Å². The van der Waals surface area contributed by atoms with Gasteiger partial charge in [0.2, 0.25) is 5.91 Å². The van der Waals surface area contributed by atoms with E-state index in [1.165, 1.54) is 18.8 Å². The molecule has 1 heterocycles. The van der Waals surface area contributed by atoms with E-state index in [9.17, 15) is 19.6 Å². The van der Waals surface area contributed by atoms with Crippen LogP contribution in [0.4, 0.5) is 0 Å². The number of hydrogen-bond acceptors (Lipinski definition) is 6. The quantitative estimate of drug-likeness (QED) is 0.327. The third-order valence-corrected chi connectivity index (χ3v) is 5.45. The molecule has 0 radical (unpaired) electrons. The normalized spacial score (nSPS) is 10.8. The number of esters is 1. The van der Waals surface area contributed by atoms with Crippen LogP contribution >= 0.6 is 11.6 Å². The molecule has 0 aliphatic carbocycles. The number of hydroxylamine groups is 2. The highest BCUT2D eigenvalue weighted by Gasteiger charge is 2.23. The van der Waals surface area contributed by atoms with E-state index in [1.54, 1.807) is 49.4 Å². The summed E-state index contributed by atoms with van der Waals surface area (Å²) in [6, 6.07) is 11.8. The van der Waals surface area contributed by atoms with Gasteiger partial charge in [0.1, 0.15) is 5.75 Å². The number of carbonyl (C=O) groups is 3. The van der Waals surface area contributed by atoms with Crippen molar-refractivity contribution in [1.82, 2.24) is 9.63 Å². The molecule has 1 amide bonds. The van der Waals surface area contributed by atoms with Crippen LogP contribution in [-0.2, 0) is 20.9 Å². The lowest BCUT2D eigenvalue weighted by molar-refractivity contribution is -0.169. The van der Waals surface area contributed by atoms with Gasteiger partial charge in [-0.25, -0.2) is 5.06 Å². The van der Waals surface area contributed by atoms with Gasteiger partial charge in [-0.2, -0.15) is 0 Å². The van der Waals surface area contributed by atoms with Crippen molar-refractivity contribution in [3.8, 4) is 5.75 Å². The molecule has 3 rings (SSSR count). The Morgan fingerprint density at radius 2 is 1.75 bits per heavy atom. The number of rotatable bonds is 7. The number of nitrogens with zero attached hydrogens (tertiary/aromatic N) is 2. The fraction of sp³-hybridized carbons (Fsp3) is 0.261. The van der Waals surface area contributed by atoms with E-state index in [4.69, 9.17) is 16.3 Å². The molecular formula is C23H23ClN2O6. The molecule has 3 aromatic rings. The molecule has 2 aromatic carbocycles. The summed E-state index contributed by atoms with van der Waals surface area (Å²) in [6.45, 7) is 1.57. The Morgan fingerprint density at radius 1 is 1.06 bits per heavy atom. The standard InChI is InChI=1S/C23H23ClN2O6/c1-14-19(13-25(30)21(27)10-11-22(28)32-3)18-12-17(31-2)8-9-20(18)26(14)23(29)15-4-6-16(24)7-5-15/h4-9,12,30H,10-11,13H2,1-3H3. The van der Waals surface area contributed by atoms with Gasteiger partial charge in [0.15, 0.2) is 0 Å². The van der Waals surface area contributed by atoms with Crippen LogP contribution in [0.2, 0.25) is 5.02 Å². The molecule has 0 unspecified atom stereocenters. The van der Waals surface area contributed by atoms with Crippen molar-refractivity contribution < 1.29 is 29.1 Å². The van der Waals surface area contributed by atoms with E-state index in [-0.39, 0.29) is 25.3 Å². The summed E-state index contributed by atoms with van der Waals surface area (Å²) < 4.78 is 11.4. The number of ether oxygens (including phenoxy) is 2. The molecule has 0 atom stereocenters. The highest BCUT2D eigenvalue weighted by molar-refractivity contribution is 6.30. The van der Waals surface area contributed by atoms with Gasteiger partial charge in [0, 0.05) is 33.7 Å². The Labute approximate surface area is 189 Å². The third kappa shape index (κ3) is 4.76. The maximum Gasteiger partial charge on any atom is 0.306 e. The van der Waals surface area contributed by atoms with Crippen LogP contribution in [0.1, 0.15) is 34.5 Å². The van der Waals surface area contributed by atoms with Crippen molar-refractivity contribution in [2.45, 2.75) is 26.3 Å². The second kappa shape index (κ2) is 9.84. The Morgan fingerprint density at radius 3 is 2.38 bits per heavy atom. The molecule has 0 spiro atoms. The maximum atomic E-state index is 13.3. The number of aromatic nitrogens is 1. The highest BCUT2D eigenvalue weighted by Crippen LogP contribution is 2.31. The van der Waals surface area contributed by atoms with Crippen molar-refractivity contribution in [1.29, 1.82) is 0 Å². The summed E-state index contributed by atoms with van der Waals surface area (Å²) in [5.41, 5.74) is 2.18. The molecule has 0 bridgehead atoms. The average Bonchev–Trinajstić information content (AvgIpc) is 3.07. The van der Waals surface area contributed by atoms with Crippen LogP contribution in [0.25, 0.3) is 10.9 Å². The lowest BCUT2D eigenvalue weighted by atomic mass is 10.1. The van der Waals surface area contributed by atoms with Crippen LogP contribution in [0.3, 0.4) is 0 Å². The Hall–Kier alpha value is -3.36. The average molecular weight is 459 g/mol. The molecule has 1 N–H and O–H groups in total. The van der Waals surface area contributed by atoms with E-state index in [1.807, 2.05) is 0 Å². The van der Waals surface area contributed by atoms with E-state index < -0.39 is 11.9 Å². The monoisotopic (exact) mass is 458 g/mol. The largest absolute Gasteiger partial charge is 0.497 e. The predicted molar refractivity (Wildman–Crippen MR) is 118 cm³/mol. The lowest BCUT2D eigenvalue weighted by Crippen LogP contribution is -2.27. The molecule has 8 nitrogen and oxygen atoms in total. The fourth-order valence-corrected chi connectivity index (χ4v) is 3.58. The number of hydrogen-bond donors (Lipinski definition) is 1. The summed E-state index contributed by atoms with van der Waals surface area (Å²) in [7, 11) is 2.76. The minimum absolute atomic E-state index is 0.143. The number of amides is 1. The SMILES string of the molecule is COC(=O)CCC(=O)N(O)Cc1c(C)n(C(=O)c2ccc(Cl)cc2)c2ccc(OC)cc12. The van der Waals surface area contributed by atoms with E-state index in [0.29, 0.717) is 43.6 Å². The first-order valence-corrected chi connectivity index (χ1v) is 10.2. The van der Waals surface area contributed by atoms with Crippen LogP contribution < -0.4 is 4.74 Å². The maximum absolute atomic E-state index is 13.3. The third-order valence-electron chi connectivity index (χ3n) is 5.20. The predicted octanol–water partition coefficient (Wildman–Crippen LogP) is 3.97. The number of benzene rings is 2. The van der Waals surface area contributed by atoms with Gasteiger partial charge in [0.25, 0.3) is 5.91 Å². The Balaban J connectivity index is 2.01. The van der Waals surface area contributed by atoms with E-state index >= 15 is 0 Å². The fourth-order valence-electron chi connectivity index (χ4n) is 3.45. The van der Waals surface area contributed by atoms with E-state index in [0.717, 1.165) is 0 Å². The van der Waals surface area contributed by atoms with Crippen molar-refractivity contribution in [2.75, 3.05) is 14.2 Å². The highest BCUT2D eigenvalue weighted by atomic mass is 35.5. The van der Waals surface area contributed by atoms with Crippen LogP contribution in [-0.4, -0.2) is 46.8 Å². The Bertz CT molecular complexity index is 1170. The van der Waals surface area contributed by atoms with Crippen molar-refractivity contribution in [3.63, 3.8) is 0 Å². The van der Waals surface area contributed by atoms with Crippen molar-refractivity contribution >= 4 is 40.3 Å². The lowest BCUT2D eigenvalue weighted by Gasteiger charge is -2.15. The minimum atomic E-state index is -0.636. The van der Waals surface area contributed by atoms with Crippen molar-refractivity contribution in [2.24, 2.45) is 0 Å². The number of fused-ring (bicyclic) bond motifs is 1. The van der Waals surface area contributed by atoms with Crippen LogP contribution in [0, 0.1) is 6.92 Å². The smallest absolute Gasteiger partial charge is 0.306 e. The first kappa shape index (κ1) is 23.3. The van der Waals surface area contributed by atoms with Gasteiger partial charge < -0.3 is 9.47 Å². The summed E-state index contributed by atoms with van der Waals surface area (Å²) in [4.78, 5) is 36.9. The van der Waals surface area contributed by atoms with Gasteiger partial charge in [-0.1, -0.05) is 11.6 Å². The number of methoxy groups -OCH3 is 2. The molecule has 0 aliphatic rings. The zero-order valence-electron chi connectivity index (χ0n) is 17.9. The number of carbonyl (C=O) groups excluding carboxylic acids is 3. The summed E-state index contributed by atoms with van der Waals surface area (Å²) in [6.07, 6.45) is -0.343. The zero-order chi connectivity index (χ0) is 23.4. The molecule has 9 heteroatoms. The first-order valence-electron chi connectivity index (χ1n) is 9.81. The summed E-state index contributed by atoms with van der Waals surface area (Å²) in [5.74, 6) is -0.890. The van der Waals surface area contributed by atoms with E-state index in [2.05, 4.69) is 4.74 Å². The molecule has 168 valence electrons. The molecule has 0 fully saturated rings. The topological polar surface area (TPSA) is 98.1 Å². The van der Waals surface area contributed by atoms with Crippen molar-refractivity contribution in [3.05, 3.63) is 64.3 Å². The minimum Gasteiger partial charge on any atom is -0.497 e. The van der Waals surface area contributed by atoms with Gasteiger partial charge in [-0.3, -0.25) is 24.2 Å². The second-order valence-corrected chi connectivity index (χ2v) is 7.56. The molecule has 0 saturated carbocycles. The molecule has 0 aliphatic heterocycles. The second-order valence-electron chi connectivity index (χ2n) is 7.12. The molecule has 0 saturated heterocycles. The molecule has 32 heavy (non-hydrogen) atoms. The van der Waals surface area contributed by atoms with Gasteiger partial charge in [-0.05, 0) is 49.4 Å². The zero-order valence-corrected chi connectivity index (χ0v) is 18.7. The van der Waals surface area contributed by atoms with Gasteiger partial charge in [-0.15, -0.1) is 0 Å². The number of halogens is 1. The molecule has 1 aromatic heterocycles. The van der Waals surface area contributed by atoms with Gasteiger partial charge in [0.05, 0.1) is 32.7 Å². The summed E-state index contributed by atoms with van der Waals surface area (Å²) in [5, 5.41) is 12.1.